The molecule has 0 unspecified atom stereocenters. The van der Waals surface area contributed by atoms with Crippen molar-refractivity contribution in [2.75, 3.05) is 0 Å². The Labute approximate surface area is 57.3 Å². The lowest BCUT2D eigenvalue weighted by Gasteiger charge is -1.90. The number of imidazole rings is 1. The molecule has 3 nitrogen and oxygen atoms in total. The summed E-state index contributed by atoms with van der Waals surface area (Å²) in [7, 11) is 1.68. The molecule has 0 atom stereocenters. The molecule has 9 heavy (non-hydrogen) atoms. The third-order valence-electron chi connectivity index (χ3n) is 1.07. The second-order valence-electron chi connectivity index (χ2n) is 1.62. The summed E-state index contributed by atoms with van der Waals surface area (Å²) >= 11 is 5.55. The van der Waals surface area contributed by atoms with E-state index < -0.39 is 0 Å². The van der Waals surface area contributed by atoms with Gasteiger partial charge in [-0.1, -0.05) is 11.6 Å². The van der Waals surface area contributed by atoms with Crippen LogP contribution in [-0.2, 0) is 7.05 Å². The Morgan fingerprint density at radius 3 is 2.78 bits per heavy atom. The number of carbonyl (C=O) groups excluding carboxylic acids is 1. The average Bonchev–Trinajstić information content (AvgIpc) is 2.15. The molecule has 0 aliphatic rings. The van der Waals surface area contributed by atoms with Crippen LogP contribution < -0.4 is 0 Å². The molecule has 0 saturated heterocycles. The Bertz CT molecular complexity index is 231. The SMILES string of the molecule is Cn1c(Cl)cnc1C=O. The van der Waals surface area contributed by atoms with Crippen molar-refractivity contribution < 1.29 is 4.79 Å². The molecule has 0 radical (unpaired) electrons. The van der Waals surface area contributed by atoms with Crippen LogP contribution in [0.15, 0.2) is 6.20 Å². The first-order chi connectivity index (χ1) is 4.25. The maximum atomic E-state index is 10.1. The molecule has 1 aromatic rings. The van der Waals surface area contributed by atoms with Crippen molar-refractivity contribution in [1.29, 1.82) is 0 Å². The molecule has 0 aromatic carbocycles. The van der Waals surface area contributed by atoms with Crippen molar-refractivity contribution in [3.05, 3.63) is 17.2 Å². The van der Waals surface area contributed by atoms with E-state index in [0.717, 1.165) is 0 Å². The second kappa shape index (κ2) is 2.19. The molecule has 1 rings (SSSR count). The predicted molar refractivity (Wildman–Crippen MR) is 33.6 cm³/mol. The summed E-state index contributed by atoms with van der Waals surface area (Å²) in [5.74, 6) is 0.347. The van der Waals surface area contributed by atoms with E-state index in [1.807, 2.05) is 0 Å². The van der Waals surface area contributed by atoms with Crippen LogP contribution in [-0.4, -0.2) is 15.8 Å². The van der Waals surface area contributed by atoms with E-state index in [-0.39, 0.29) is 0 Å². The molecule has 4 heteroatoms. The van der Waals surface area contributed by atoms with Crippen LogP contribution in [0.2, 0.25) is 5.15 Å². The number of nitrogens with zero attached hydrogens (tertiary/aromatic N) is 2. The maximum absolute atomic E-state index is 10.1. The first kappa shape index (κ1) is 6.29. The van der Waals surface area contributed by atoms with Gasteiger partial charge in [0.25, 0.3) is 0 Å². The zero-order valence-corrected chi connectivity index (χ0v) is 5.59. The van der Waals surface area contributed by atoms with Crippen molar-refractivity contribution >= 4 is 17.9 Å². The van der Waals surface area contributed by atoms with Gasteiger partial charge in [-0.2, -0.15) is 0 Å². The highest BCUT2D eigenvalue weighted by Gasteiger charge is 1.99. The molecule has 0 aliphatic carbocycles. The quantitative estimate of drug-likeness (QED) is 0.549. The van der Waals surface area contributed by atoms with E-state index in [0.29, 0.717) is 17.3 Å². The predicted octanol–water partition coefficient (Wildman–Crippen LogP) is 0.886. The summed E-state index contributed by atoms with van der Waals surface area (Å²) in [5, 5.41) is 0.470. The van der Waals surface area contributed by atoms with E-state index in [1.54, 1.807) is 7.05 Å². The molecule has 0 aliphatic heterocycles. The molecule has 0 spiro atoms. The van der Waals surface area contributed by atoms with Gasteiger partial charge < -0.3 is 4.57 Å². The van der Waals surface area contributed by atoms with E-state index in [9.17, 15) is 4.79 Å². The minimum absolute atomic E-state index is 0.347. The number of hydrogen-bond donors (Lipinski definition) is 0. The normalized spacial score (nSPS) is 9.56. The smallest absolute Gasteiger partial charge is 0.185 e. The summed E-state index contributed by atoms with van der Waals surface area (Å²) in [5.41, 5.74) is 0. The van der Waals surface area contributed by atoms with Gasteiger partial charge >= 0.3 is 0 Å². The summed E-state index contributed by atoms with van der Waals surface area (Å²) in [6, 6.07) is 0. The molecule has 1 heterocycles. The molecular formula is C5H5ClN2O. The van der Waals surface area contributed by atoms with Crippen molar-refractivity contribution in [2.24, 2.45) is 7.05 Å². The fraction of sp³-hybridized carbons (Fsp3) is 0.200. The lowest BCUT2D eigenvalue weighted by atomic mass is 10.7. The lowest BCUT2D eigenvalue weighted by Crippen LogP contribution is -1.94. The fourth-order valence-electron chi connectivity index (χ4n) is 0.512. The van der Waals surface area contributed by atoms with Crippen LogP contribution >= 0.6 is 11.6 Å². The fourth-order valence-corrected chi connectivity index (χ4v) is 0.647. The van der Waals surface area contributed by atoms with Gasteiger partial charge in [0.1, 0.15) is 5.15 Å². The Morgan fingerprint density at radius 1 is 1.89 bits per heavy atom. The number of hydrogen-bond acceptors (Lipinski definition) is 2. The van der Waals surface area contributed by atoms with Gasteiger partial charge in [-0.25, -0.2) is 4.98 Å². The largest absolute Gasteiger partial charge is 0.316 e. The van der Waals surface area contributed by atoms with Gasteiger partial charge in [-0.3, -0.25) is 4.79 Å². The van der Waals surface area contributed by atoms with Gasteiger partial charge in [-0.05, 0) is 0 Å². The minimum atomic E-state index is 0.347. The average molecular weight is 145 g/mol. The van der Waals surface area contributed by atoms with Gasteiger partial charge in [0.05, 0.1) is 6.20 Å². The Balaban J connectivity index is 3.18. The van der Waals surface area contributed by atoms with Crippen molar-refractivity contribution in [3.8, 4) is 0 Å². The van der Waals surface area contributed by atoms with Crippen LogP contribution in [0.5, 0.6) is 0 Å². The van der Waals surface area contributed by atoms with E-state index in [1.165, 1.54) is 10.8 Å². The van der Waals surface area contributed by atoms with Gasteiger partial charge in [-0.15, -0.1) is 0 Å². The number of aldehydes is 1. The zero-order chi connectivity index (χ0) is 6.85. The van der Waals surface area contributed by atoms with Crippen molar-refractivity contribution in [3.63, 3.8) is 0 Å². The topological polar surface area (TPSA) is 34.9 Å². The summed E-state index contributed by atoms with van der Waals surface area (Å²) in [6.45, 7) is 0. The molecule has 48 valence electrons. The molecule has 0 amide bonds. The highest BCUT2D eigenvalue weighted by atomic mass is 35.5. The standard InChI is InChI=1S/C5H5ClN2O/c1-8-4(6)2-7-5(8)3-9/h2-3H,1H3. The monoisotopic (exact) mass is 144 g/mol. The van der Waals surface area contributed by atoms with Crippen LogP contribution in [0.4, 0.5) is 0 Å². The zero-order valence-electron chi connectivity index (χ0n) is 4.84. The molecule has 0 bridgehead atoms. The van der Waals surface area contributed by atoms with Crippen molar-refractivity contribution in [2.45, 2.75) is 0 Å². The summed E-state index contributed by atoms with van der Waals surface area (Å²) in [4.78, 5) is 13.8. The minimum Gasteiger partial charge on any atom is -0.316 e. The van der Waals surface area contributed by atoms with E-state index in [4.69, 9.17) is 11.6 Å². The van der Waals surface area contributed by atoms with Crippen LogP contribution in [0, 0.1) is 0 Å². The summed E-state index contributed by atoms with van der Waals surface area (Å²) in [6.07, 6.45) is 2.09. The van der Waals surface area contributed by atoms with E-state index in [2.05, 4.69) is 4.98 Å². The second-order valence-corrected chi connectivity index (χ2v) is 2.00. The Hall–Kier alpha value is -0.830. The van der Waals surface area contributed by atoms with E-state index >= 15 is 0 Å². The highest BCUT2D eigenvalue weighted by Crippen LogP contribution is 2.06. The van der Waals surface area contributed by atoms with Crippen LogP contribution in [0.3, 0.4) is 0 Å². The first-order valence-electron chi connectivity index (χ1n) is 2.38. The molecular weight excluding hydrogens is 140 g/mol. The molecule has 0 N–H and O–H groups in total. The van der Waals surface area contributed by atoms with Gasteiger partial charge in [0.15, 0.2) is 12.1 Å². The van der Waals surface area contributed by atoms with Crippen LogP contribution in [0.25, 0.3) is 0 Å². The first-order valence-corrected chi connectivity index (χ1v) is 2.76. The molecule has 1 aromatic heterocycles. The number of carbonyl (C=O) groups is 1. The molecule has 0 fully saturated rings. The highest BCUT2D eigenvalue weighted by molar-refractivity contribution is 6.29. The summed E-state index contributed by atoms with van der Waals surface area (Å²) < 4.78 is 1.51. The van der Waals surface area contributed by atoms with Gasteiger partial charge in [0.2, 0.25) is 0 Å². The van der Waals surface area contributed by atoms with Crippen molar-refractivity contribution in [1.82, 2.24) is 9.55 Å². The number of aromatic nitrogens is 2. The number of rotatable bonds is 1. The number of halogens is 1. The molecule has 0 saturated carbocycles. The third kappa shape index (κ3) is 0.954. The van der Waals surface area contributed by atoms with Gasteiger partial charge in [0, 0.05) is 7.05 Å². The Morgan fingerprint density at radius 2 is 2.56 bits per heavy atom. The third-order valence-corrected chi connectivity index (χ3v) is 1.42. The van der Waals surface area contributed by atoms with Crippen LogP contribution in [0.1, 0.15) is 10.6 Å². The Kier molecular flexibility index (Phi) is 1.53. The lowest BCUT2D eigenvalue weighted by molar-refractivity contribution is 0.111. The maximum Gasteiger partial charge on any atom is 0.185 e.